The molecular formula is C10H23N3O. The number of hydrogen-bond donors (Lipinski definition) is 2. The third kappa shape index (κ3) is 4.07. The van der Waals surface area contributed by atoms with Crippen LogP contribution in [-0.2, 0) is 4.79 Å². The van der Waals surface area contributed by atoms with E-state index < -0.39 is 0 Å². The summed E-state index contributed by atoms with van der Waals surface area (Å²) >= 11 is 0. The number of nitrogens with two attached hydrogens (primary N) is 1. The summed E-state index contributed by atoms with van der Waals surface area (Å²) in [7, 11) is 0. The molecule has 0 aromatic rings. The van der Waals surface area contributed by atoms with E-state index in [4.69, 9.17) is 5.73 Å². The van der Waals surface area contributed by atoms with Crippen molar-refractivity contribution in [3.05, 3.63) is 0 Å². The predicted octanol–water partition coefficient (Wildman–Crippen LogP) is 0.180. The van der Waals surface area contributed by atoms with Crippen LogP contribution in [0.2, 0.25) is 0 Å². The molecule has 0 saturated heterocycles. The van der Waals surface area contributed by atoms with Crippen molar-refractivity contribution in [1.82, 2.24) is 10.2 Å². The van der Waals surface area contributed by atoms with E-state index >= 15 is 0 Å². The maximum Gasteiger partial charge on any atom is 0.237 e. The molecule has 1 atom stereocenters. The van der Waals surface area contributed by atoms with Gasteiger partial charge < -0.3 is 11.1 Å². The molecule has 3 N–H and O–H groups in total. The molecule has 4 nitrogen and oxygen atoms in total. The van der Waals surface area contributed by atoms with E-state index in [2.05, 4.69) is 24.1 Å². The molecule has 0 aromatic carbocycles. The summed E-state index contributed by atoms with van der Waals surface area (Å²) < 4.78 is 0. The zero-order chi connectivity index (χ0) is 11.1. The quantitative estimate of drug-likeness (QED) is 0.644. The van der Waals surface area contributed by atoms with Crippen LogP contribution in [0.25, 0.3) is 0 Å². The van der Waals surface area contributed by atoms with Crippen molar-refractivity contribution in [3.8, 4) is 0 Å². The average molecular weight is 201 g/mol. The molecule has 0 fully saturated rings. The normalized spacial score (nSPS) is 13.4. The van der Waals surface area contributed by atoms with Gasteiger partial charge in [-0.3, -0.25) is 9.69 Å². The van der Waals surface area contributed by atoms with Crippen LogP contribution in [0.5, 0.6) is 0 Å². The molecule has 0 radical (unpaired) electrons. The molecule has 0 rings (SSSR count). The standard InChI is InChI=1S/C10H23N3O/c1-5-12-10(14)9(4)13(7-6-11)8(2)3/h8-9H,5-7,11H2,1-4H3,(H,12,14). The number of amides is 1. The lowest BCUT2D eigenvalue weighted by Crippen LogP contribution is -2.49. The maximum atomic E-state index is 11.6. The SMILES string of the molecule is CCNC(=O)C(C)N(CCN)C(C)C. The average Bonchev–Trinajstić information content (AvgIpc) is 2.13. The number of nitrogens with one attached hydrogen (secondary N) is 1. The molecular weight excluding hydrogens is 178 g/mol. The topological polar surface area (TPSA) is 58.4 Å². The van der Waals surface area contributed by atoms with E-state index in [1.54, 1.807) is 0 Å². The molecule has 0 aliphatic heterocycles. The molecule has 0 aliphatic rings. The van der Waals surface area contributed by atoms with E-state index in [1.807, 2.05) is 13.8 Å². The van der Waals surface area contributed by atoms with Crippen LogP contribution in [0.1, 0.15) is 27.7 Å². The Morgan fingerprint density at radius 1 is 1.43 bits per heavy atom. The molecule has 0 bridgehead atoms. The van der Waals surface area contributed by atoms with Crippen LogP contribution in [0.3, 0.4) is 0 Å². The highest BCUT2D eigenvalue weighted by atomic mass is 16.2. The summed E-state index contributed by atoms with van der Waals surface area (Å²) in [6.07, 6.45) is 0. The van der Waals surface area contributed by atoms with Crippen molar-refractivity contribution >= 4 is 5.91 Å². The van der Waals surface area contributed by atoms with Gasteiger partial charge in [0.2, 0.25) is 5.91 Å². The number of carbonyl (C=O) groups excluding carboxylic acids is 1. The molecule has 4 heteroatoms. The molecule has 0 aliphatic carbocycles. The predicted molar refractivity (Wildman–Crippen MR) is 59.0 cm³/mol. The molecule has 0 heterocycles. The molecule has 0 spiro atoms. The van der Waals surface area contributed by atoms with Gasteiger partial charge in [0, 0.05) is 25.7 Å². The minimum atomic E-state index is -0.0986. The van der Waals surface area contributed by atoms with Crippen LogP contribution in [-0.4, -0.2) is 42.5 Å². The lowest BCUT2D eigenvalue weighted by atomic mass is 10.2. The van der Waals surface area contributed by atoms with Gasteiger partial charge >= 0.3 is 0 Å². The Balaban J connectivity index is 4.26. The Labute approximate surface area is 86.8 Å². The fourth-order valence-electron chi connectivity index (χ4n) is 1.52. The van der Waals surface area contributed by atoms with Gasteiger partial charge in [-0.05, 0) is 27.7 Å². The summed E-state index contributed by atoms with van der Waals surface area (Å²) in [5, 5.41) is 2.82. The fraction of sp³-hybridized carbons (Fsp3) is 0.900. The number of hydrogen-bond acceptors (Lipinski definition) is 3. The zero-order valence-electron chi connectivity index (χ0n) is 9.71. The summed E-state index contributed by atoms with van der Waals surface area (Å²) in [5.41, 5.74) is 5.51. The summed E-state index contributed by atoms with van der Waals surface area (Å²) in [5.74, 6) is 0.0784. The van der Waals surface area contributed by atoms with Crippen LogP contribution >= 0.6 is 0 Å². The highest BCUT2D eigenvalue weighted by Crippen LogP contribution is 2.04. The number of carbonyl (C=O) groups is 1. The van der Waals surface area contributed by atoms with Crippen LogP contribution in [0, 0.1) is 0 Å². The number of likely N-dealkylation sites (N-methyl/N-ethyl adjacent to an activating group) is 1. The highest BCUT2D eigenvalue weighted by Gasteiger charge is 2.21. The van der Waals surface area contributed by atoms with Gasteiger partial charge in [0.15, 0.2) is 0 Å². The van der Waals surface area contributed by atoms with Gasteiger partial charge in [-0.15, -0.1) is 0 Å². The third-order valence-electron chi connectivity index (χ3n) is 2.28. The Hall–Kier alpha value is -0.610. The lowest BCUT2D eigenvalue weighted by molar-refractivity contribution is -0.126. The van der Waals surface area contributed by atoms with Gasteiger partial charge in [0.1, 0.15) is 0 Å². The second-order valence-corrected chi connectivity index (χ2v) is 3.69. The maximum absolute atomic E-state index is 11.6. The highest BCUT2D eigenvalue weighted by molar-refractivity contribution is 5.81. The molecule has 84 valence electrons. The van der Waals surface area contributed by atoms with E-state index in [-0.39, 0.29) is 11.9 Å². The minimum absolute atomic E-state index is 0.0784. The molecule has 1 amide bonds. The summed E-state index contributed by atoms with van der Waals surface area (Å²) in [4.78, 5) is 13.7. The van der Waals surface area contributed by atoms with Gasteiger partial charge in [0.05, 0.1) is 6.04 Å². The van der Waals surface area contributed by atoms with E-state index in [0.29, 0.717) is 19.1 Å². The first-order valence-electron chi connectivity index (χ1n) is 5.28. The minimum Gasteiger partial charge on any atom is -0.355 e. The second-order valence-electron chi connectivity index (χ2n) is 3.69. The van der Waals surface area contributed by atoms with Gasteiger partial charge in [-0.2, -0.15) is 0 Å². The van der Waals surface area contributed by atoms with Crippen molar-refractivity contribution in [3.63, 3.8) is 0 Å². The molecule has 1 unspecified atom stereocenters. The molecule has 0 saturated carbocycles. The Morgan fingerprint density at radius 2 is 2.00 bits per heavy atom. The molecule has 14 heavy (non-hydrogen) atoms. The van der Waals surface area contributed by atoms with Crippen molar-refractivity contribution < 1.29 is 4.79 Å². The lowest BCUT2D eigenvalue weighted by Gasteiger charge is -2.31. The fourth-order valence-corrected chi connectivity index (χ4v) is 1.52. The number of nitrogens with zero attached hydrogens (tertiary/aromatic N) is 1. The second kappa shape index (κ2) is 6.79. The summed E-state index contributed by atoms with van der Waals surface area (Å²) in [6, 6.07) is 0.245. The van der Waals surface area contributed by atoms with Gasteiger partial charge in [0.25, 0.3) is 0 Å². The van der Waals surface area contributed by atoms with E-state index in [1.165, 1.54) is 0 Å². The Kier molecular flexibility index (Phi) is 6.49. The van der Waals surface area contributed by atoms with Crippen LogP contribution in [0.15, 0.2) is 0 Å². The Bertz CT molecular complexity index is 171. The molecule has 0 aromatic heterocycles. The largest absolute Gasteiger partial charge is 0.355 e. The monoisotopic (exact) mass is 201 g/mol. The van der Waals surface area contributed by atoms with E-state index in [0.717, 1.165) is 6.54 Å². The van der Waals surface area contributed by atoms with Crippen molar-refractivity contribution in [2.75, 3.05) is 19.6 Å². The Morgan fingerprint density at radius 3 is 2.36 bits per heavy atom. The van der Waals surface area contributed by atoms with Crippen LogP contribution in [0.4, 0.5) is 0 Å². The van der Waals surface area contributed by atoms with Crippen molar-refractivity contribution in [2.45, 2.75) is 39.8 Å². The van der Waals surface area contributed by atoms with Gasteiger partial charge in [-0.1, -0.05) is 0 Å². The van der Waals surface area contributed by atoms with Crippen molar-refractivity contribution in [2.24, 2.45) is 5.73 Å². The smallest absolute Gasteiger partial charge is 0.237 e. The zero-order valence-corrected chi connectivity index (χ0v) is 9.71. The van der Waals surface area contributed by atoms with Gasteiger partial charge in [-0.25, -0.2) is 0 Å². The first kappa shape index (κ1) is 13.4. The van der Waals surface area contributed by atoms with E-state index in [9.17, 15) is 4.79 Å². The van der Waals surface area contributed by atoms with Crippen molar-refractivity contribution in [1.29, 1.82) is 0 Å². The first-order valence-corrected chi connectivity index (χ1v) is 5.28. The first-order chi connectivity index (χ1) is 6.54. The third-order valence-corrected chi connectivity index (χ3v) is 2.28. The van der Waals surface area contributed by atoms with Crippen LogP contribution < -0.4 is 11.1 Å². The number of rotatable bonds is 6. The summed E-state index contributed by atoms with van der Waals surface area (Å²) in [6.45, 7) is 10.0.